The summed E-state index contributed by atoms with van der Waals surface area (Å²) in [6.07, 6.45) is 5.18. The second kappa shape index (κ2) is 6.24. The second-order valence-corrected chi connectivity index (χ2v) is 4.64. The molecule has 17 heavy (non-hydrogen) atoms. The van der Waals surface area contributed by atoms with Crippen LogP contribution in [0.2, 0.25) is 0 Å². The molecule has 0 spiro atoms. The minimum absolute atomic E-state index is 0.488. The zero-order valence-corrected chi connectivity index (χ0v) is 11.2. The van der Waals surface area contributed by atoms with Gasteiger partial charge in [0.2, 0.25) is 0 Å². The number of allylic oxidation sites excluding steroid dienone is 4. The maximum atomic E-state index is 4.08. The summed E-state index contributed by atoms with van der Waals surface area (Å²) < 4.78 is 0. The Balaban J connectivity index is 2.73. The first-order valence-electron chi connectivity index (χ1n) is 6.19. The van der Waals surface area contributed by atoms with Crippen LogP contribution in [0, 0.1) is 5.92 Å². The Labute approximate surface area is 105 Å². The zero-order chi connectivity index (χ0) is 12.8. The molecule has 0 aliphatic carbocycles. The van der Waals surface area contributed by atoms with E-state index in [1.54, 1.807) is 0 Å². The molecular weight excluding hydrogens is 204 g/mol. The van der Waals surface area contributed by atoms with Crippen molar-refractivity contribution in [3.63, 3.8) is 0 Å². The van der Waals surface area contributed by atoms with Crippen molar-refractivity contribution in [2.24, 2.45) is 5.92 Å². The van der Waals surface area contributed by atoms with E-state index < -0.39 is 0 Å². The summed E-state index contributed by atoms with van der Waals surface area (Å²) in [5.74, 6) is 0.488. The Bertz CT molecular complexity index is 416. The fraction of sp³-hybridized carbons (Fsp3) is 0.294. The van der Waals surface area contributed by atoms with Crippen LogP contribution in [0.25, 0.3) is 5.57 Å². The van der Waals surface area contributed by atoms with Gasteiger partial charge in [-0.3, -0.25) is 0 Å². The topological polar surface area (TPSA) is 0 Å². The highest BCUT2D eigenvalue weighted by molar-refractivity contribution is 5.72. The molecule has 0 heteroatoms. The zero-order valence-electron chi connectivity index (χ0n) is 11.2. The van der Waals surface area contributed by atoms with Crippen LogP contribution in [-0.4, -0.2) is 0 Å². The highest BCUT2D eigenvalue weighted by atomic mass is 14.0. The van der Waals surface area contributed by atoms with Crippen molar-refractivity contribution in [1.82, 2.24) is 0 Å². The van der Waals surface area contributed by atoms with Crippen molar-refractivity contribution in [2.75, 3.05) is 0 Å². The van der Waals surface area contributed by atoms with Crippen molar-refractivity contribution in [3.05, 3.63) is 66.3 Å². The van der Waals surface area contributed by atoms with Gasteiger partial charge in [0.1, 0.15) is 0 Å². The van der Waals surface area contributed by atoms with Crippen LogP contribution in [0.15, 0.2) is 55.1 Å². The summed E-state index contributed by atoms with van der Waals surface area (Å²) in [6, 6.07) is 8.57. The molecule has 0 aliphatic rings. The van der Waals surface area contributed by atoms with Crippen molar-refractivity contribution >= 4 is 5.57 Å². The lowest BCUT2D eigenvalue weighted by Gasteiger charge is -2.05. The molecule has 1 rings (SSSR count). The van der Waals surface area contributed by atoms with E-state index in [1.807, 2.05) is 6.08 Å². The average Bonchev–Trinajstić information content (AvgIpc) is 2.35. The summed E-state index contributed by atoms with van der Waals surface area (Å²) in [4.78, 5) is 0. The van der Waals surface area contributed by atoms with E-state index in [0.29, 0.717) is 5.92 Å². The lowest BCUT2D eigenvalue weighted by Crippen LogP contribution is -1.88. The van der Waals surface area contributed by atoms with Crippen LogP contribution in [0.5, 0.6) is 0 Å². The van der Waals surface area contributed by atoms with Crippen LogP contribution in [0.4, 0.5) is 0 Å². The van der Waals surface area contributed by atoms with E-state index in [0.717, 1.165) is 17.6 Å². The van der Waals surface area contributed by atoms with Gasteiger partial charge < -0.3 is 0 Å². The first-order valence-corrected chi connectivity index (χ1v) is 6.19. The molecule has 1 aromatic carbocycles. The monoisotopic (exact) mass is 226 g/mol. The molecule has 0 aromatic heterocycles. The molecule has 0 radical (unpaired) electrons. The minimum Gasteiger partial charge on any atom is -0.0956 e. The fourth-order valence-electron chi connectivity index (χ4n) is 1.45. The van der Waals surface area contributed by atoms with Crippen molar-refractivity contribution in [3.8, 4) is 0 Å². The number of aryl methyl sites for hydroxylation is 1. The van der Waals surface area contributed by atoms with Crippen LogP contribution >= 0.6 is 0 Å². The van der Waals surface area contributed by atoms with E-state index in [9.17, 15) is 0 Å². The largest absolute Gasteiger partial charge is 0.0956 e. The normalized spacial score (nSPS) is 11.1. The third-order valence-corrected chi connectivity index (χ3v) is 2.97. The highest BCUT2D eigenvalue weighted by Crippen LogP contribution is 2.17. The Kier molecular flexibility index (Phi) is 4.96. The van der Waals surface area contributed by atoms with Gasteiger partial charge in [-0.2, -0.15) is 0 Å². The number of rotatable bonds is 5. The van der Waals surface area contributed by atoms with Crippen LogP contribution < -0.4 is 0 Å². The minimum atomic E-state index is 0.488. The van der Waals surface area contributed by atoms with E-state index >= 15 is 0 Å². The summed E-state index contributed by atoms with van der Waals surface area (Å²) in [6.45, 7) is 14.6. The van der Waals surface area contributed by atoms with E-state index in [1.165, 1.54) is 11.1 Å². The predicted octanol–water partition coefficient (Wildman–Crippen LogP) is 5.03. The quantitative estimate of drug-likeness (QED) is 0.618. The second-order valence-electron chi connectivity index (χ2n) is 4.64. The molecule has 0 atom stereocenters. The van der Waals surface area contributed by atoms with Crippen LogP contribution in [0.3, 0.4) is 0 Å². The van der Waals surface area contributed by atoms with Crippen molar-refractivity contribution in [1.29, 1.82) is 0 Å². The first kappa shape index (κ1) is 13.5. The Morgan fingerprint density at radius 2 is 1.71 bits per heavy atom. The molecule has 0 aliphatic heterocycles. The number of benzene rings is 1. The summed E-state index contributed by atoms with van der Waals surface area (Å²) >= 11 is 0. The summed E-state index contributed by atoms with van der Waals surface area (Å²) in [5, 5.41) is 0. The third kappa shape index (κ3) is 4.07. The predicted molar refractivity (Wildman–Crippen MR) is 78.0 cm³/mol. The standard InChI is InChI=1S/C17H22/c1-6-16-9-11-17(12-10-16)15(5)8-7-14(4)13(2)3/h7-13H,4-6H2,1-3H3/b8-7-. The van der Waals surface area contributed by atoms with Gasteiger partial charge >= 0.3 is 0 Å². The molecule has 0 nitrogen and oxygen atoms in total. The fourth-order valence-corrected chi connectivity index (χ4v) is 1.45. The molecule has 0 saturated carbocycles. The van der Waals surface area contributed by atoms with Gasteiger partial charge in [0.25, 0.3) is 0 Å². The van der Waals surface area contributed by atoms with Gasteiger partial charge in [0.15, 0.2) is 0 Å². The molecule has 0 saturated heterocycles. The molecule has 0 fully saturated rings. The first-order chi connectivity index (χ1) is 8.04. The summed E-state index contributed by atoms with van der Waals surface area (Å²) in [5.41, 5.74) is 4.71. The molecule has 1 aromatic rings. The molecule has 90 valence electrons. The smallest absolute Gasteiger partial charge is 0.0190 e. The van der Waals surface area contributed by atoms with Gasteiger partial charge in [0, 0.05) is 0 Å². The maximum Gasteiger partial charge on any atom is -0.0190 e. The Morgan fingerprint density at radius 1 is 1.12 bits per heavy atom. The lowest BCUT2D eigenvalue weighted by atomic mass is 10.0. The number of hydrogen-bond donors (Lipinski definition) is 0. The summed E-state index contributed by atoms with van der Waals surface area (Å²) in [7, 11) is 0. The van der Waals surface area contributed by atoms with Crippen LogP contribution in [-0.2, 0) is 6.42 Å². The SMILES string of the molecule is C=C(/C=C\C(=C)C(C)C)c1ccc(CC)cc1. The van der Waals surface area contributed by atoms with Crippen molar-refractivity contribution in [2.45, 2.75) is 27.2 Å². The molecule has 0 unspecified atom stereocenters. The highest BCUT2D eigenvalue weighted by Gasteiger charge is 1.97. The molecular formula is C17H22. The van der Waals surface area contributed by atoms with E-state index in [-0.39, 0.29) is 0 Å². The average molecular weight is 226 g/mol. The van der Waals surface area contributed by atoms with Gasteiger partial charge in [-0.05, 0) is 29.0 Å². The van der Waals surface area contributed by atoms with Gasteiger partial charge in [0.05, 0.1) is 0 Å². The molecule has 0 bridgehead atoms. The lowest BCUT2D eigenvalue weighted by molar-refractivity contribution is 0.795. The molecule has 0 N–H and O–H groups in total. The van der Waals surface area contributed by atoms with E-state index in [4.69, 9.17) is 0 Å². The van der Waals surface area contributed by atoms with Gasteiger partial charge in [-0.1, -0.05) is 75.9 Å². The third-order valence-electron chi connectivity index (χ3n) is 2.97. The Morgan fingerprint density at radius 3 is 2.18 bits per heavy atom. The van der Waals surface area contributed by atoms with Gasteiger partial charge in [-0.15, -0.1) is 0 Å². The van der Waals surface area contributed by atoms with Crippen molar-refractivity contribution < 1.29 is 0 Å². The van der Waals surface area contributed by atoms with E-state index in [2.05, 4.69) is 64.3 Å². The van der Waals surface area contributed by atoms with Crippen LogP contribution in [0.1, 0.15) is 31.9 Å². The maximum absolute atomic E-state index is 4.08. The Hall–Kier alpha value is -1.56. The van der Waals surface area contributed by atoms with Gasteiger partial charge in [-0.25, -0.2) is 0 Å². The number of hydrogen-bond acceptors (Lipinski definition) is 0. The molecule has 0 heterocycles. The molecule has 0 amide bonds.